The molecule has 0 heterocycles. The van der Waals surface area contributed by atoms with Gasteiger partial charge >= 0.3 is 0 Å². The molecule has 1 aromatic rings. The molecule has 2 rings (SSSR count). The molecule has 0 radical (unpaired) electrons. The van der Waals surface area contributed by atoms with E-state index in [-0.39, 0.29) is 0 Å². The third-order valence-electron chi connectivity index (χ3n) is 3.93. The van der Waals surface area contributed by atoms with Crippen molar-refractivity contribution in [2.75, 3.05) is 5.32 Å². The molecule has 4 heteroatoms. The first-order valence-electron chi connectivity index (χ1n) is 6.78. The third-order valence-corrected chi connectivity index (χ3v) is 4.53. The molecule has 1 saturated carbocycles. The lowest BCUT2D eigenvalue weighted by atomic mass is 9.85. The molecule has 1 aliphatic rings. The Hall–Kier alpha value is -0.470. The molecule has 0 saturated heterocycles. The van der Waals surface area contributed by atoms with Crippen molar-refractivity contribution in [3.63, 3.8) is 0 Å². The van der Waals surface area contributed by atoms with Crippen molar-refractivity contribution in [3.8, 4) is 0 Å². The average molecular weight is 304 g/mol. The lowest BCUT2D eigenvalue weighted by Crippen LogP contribution is -2.19. The van der Waals surface area contributed by atoms with Crippen LogP contribution in [0.2, 0.25) is 10.0 Å². The van der Waals surface area contributed by atoms with Crippen molar-refractivity contribution in [3.05, 3.63) is 28.0 Å². The van der Waals surface area contributed by atoms with Crippen LogP contribution in [-0.4, -0.2) is 6.04 Å². The topological polar surface area (TPSA) is 12.0 Å². The monoisotopic (exact) mass is 303 g/mol. The van der Waals surface area contributed by atoms with Crippen LogP contribution < -0.4 is 5.32 Å². The molecular weight excluding hydrogens is 284 g/mol. The maximum absolute atomic E-state index is 13.2. The van der Waals surface area contributed by atoms with Gasteiger partial charge in [0, 0.05) is 6.04 Å². The summed E-state index contributed by atoms with van der Waals surface area (Å²) in [5.74, 6) is -0.400. The van der Waals surface area contributed by atoms with Crippen LogP contribution in [0.5, 0.6) is 0 Å². The van der Waals surface area contributed by atoms with Gasteiger partial charge in [0.05, 0.1) is 15.7 Å². The van der Waals surface area contributed by atoms with Gasteiger partial charge in [0.1, 0.15) is 5.82 Å². The van der Waals surface area contributed by atoms with Crippen LogP contribution in [0.15, 0.2) is 12.1 Å². The molecule has 1 aromatic carbocycles. The van der Waals surface area contributed by atoms with Crippen LogP contribution in [0.4, 0.5) is 10.1 Å². The minimum Gasteiger partial charge on any atom is -0.380 e. The molecule has 0 aliphatic heterocycles. The fraction of sp³-hybridized carbons (Fsp3) is 0.600. The van der Waals surface area contributed by atoms with E-state index >= 15 is 0 Å². The van der Waals surface area contributed by atoms with E-state index in [4.69, 9.17) is 23.2 Å². The minimum absolute atomic E-state index is 0.355. The first-order valence-corrected chi connectivity index (χ1v) is 7.54. The average Bonchev–Trinajstić information content (AvgIpc) is 2.45. The van der Waals surface area contributed by atoms with Crippen LogP contribution in [0.1, 0.15) is 46.0 Å². The van der Waals surface area contributed by atoms with Gasteiger partial charge in [0.15, 0.2) is 0 Å². The molecular formula is C15H20Cl2FN. The van der Waals surface area contributed by atoms with E-state index in [1.807, 2.05) is 0 Å². The molecule has 1 aliphatic carbocycles. The zero-order valence-electron chi connectivity index (χ0n) is 11.4. The zero-order chi connectivity index (χ0) is 14.0. The van der Waals surface area contributed by atoms with E-state index in [2.05, 4.69) is 19.2 Å². The number of halogens is 3. The van der Waals surface area contributed by atoms with Gasteiger partial charge in [-0.15, -0.1) is 0 Å². The second-order valence-corrected chi connectivity index (χ2v) is 7.00. The van der Waals surface area contributed by atoms with Crippen molar-refractivity contribution in [1.29, 1.82) is 0 Å². The second kappa shape index (κ2) is 5.88. The van der Waals surface area contributed by atoms with Crippen molar-refractivity contribution >= 4 is 28.9 Å². The summed E-state index contributed by atoms with van der Waals surface area (Å²) < 4.78 is 13.2. The molecule has 0 aromatic heterocycles. The highest BCUT2D eigenvalue weighted by atomic mass is 35.5. The molecule has 1 nitrogen and oxygen atoms in total. The maximum Gasteiger partial charge on any atom is 0.126 e. The van der Waals surface area contributed by atoms with Gasteiger partial charge < -0.3 is 5.32 Å². The van der Waals surface area contributed by atoms with E-state index in [9.17, 15) is 4.39 Å². The molecule has 1 atom stereocenters. The highest BCUT2D eigenvalue weighted by Crippen LogP contribution is 2.37. The summed E-state index contributed by atoms with van der Waals surface area (Å²) in [6.45, 7) is 4.63. The highest BCUT2D eigenvalue weighted by molar-refractivity contribution is 6.39. The Balaban J connectivity index is 2.09. The number of nitrogens with one attached hydrogen (secondary N) is 1. The first-order chi connectivity index (χ1) is 8.87. The molecule has 106 valence electrons. The molecule has 0 amide bonds. The molecule has 1 unspecified atom stereocenters. The summed E-state index contributed by atoms with van der Waals surface area (Å²) in [6, 6.07) is 2.97. The Morgan fingerprint density at radius 1 is 1.16 bits per heavy atom. The van der Waals surface area contributed by atoms with Gasteiger partial charge in [0.25, 0.3) is 0 Å². The van der Waals surface area contributed by atoms with Gasteiger partial charge in [-0.3, -0.25) is 0 Å². The van der Waals surface area contributed by atoms with Crippen LogP contribution in [0.3, 0.4) is 0 Å². The number of anilines is 1. The van der Waals surface area contributed by atoms with Gasteiger partial charge in [0.2, 0.25) is 0 Å². The fourth-order valence-corrected chi connectivity index (χ4v) is 3.26. The lowest BCUT2D eigenvalue weighted by Gasteiger charge is -2.23. The molecule has 0 bridgehead atoms. The predicted molar refractivity (Wildman–Crippen MR) is 80.7 cm³/mol. The van der Waals surface area contributed by atoms with E-state index in [0.717, 1.165) is 12.8 Å². The van der Waals surface area contributed by atoms with Gasteiger partial charge in [-0.1, -0.05) is 43.5 Å². The van der Waals surface area contributed by atoms with Crippen LogP contribution in [0, 0.1) is 11.2 Å². The number of hydrogen-bond acceptors (Lipinski definition) is 1. The zero-order valence-corrected chi connectivity index (χ0v) is 12.9. The maximum atomic E-state index is 13.2. The van der Waals surface area contributed by atoms with Gasteiger partial charge in [-0.05, 0) is 43.2 Å². The summed E-state index contributed by atoms with van der Waals surface area (Å²) in [7, 11) is 0. The summed E-state index contributed by atoms with van der Waals surface area (Å²) >= 11 is 12.1. The molecule has 19 heavy (non-hydrogen) atoms. The van der Waals surface area contributed by atoms with Gasteiger partial charge in [-0.25, -0.2) is 4.39 Å². The van der Waals surface area contributed by atoms with E-state index in [0.29, 0.717) is 27.2 Å². The highest BCUT2D eigenvalue weighted by Gasteiger charge is 2.25. The summed E-state index contributed by atoms with van der Waals surface area (Å²) in [5, 5.41) is 4.10. The third kappa shape index (κ3) is 4.00. The van der Waals surface area contributed by atoms with Crippen LogP contribution >= 0.6 is 23.2 Å². The summed E-state index contributed by atoms with van der Waals surface area (Å²) in [6.07, 6.45) is 5.82. The number of benzene rings is 1. The molecule has 1 N–H and O–H groups in total. The quantitative estimate of drug-likeness (QED) is 0.670. The van der Waals surface area contributed by atoms with Crippen LogP contribution in [0.25, 0.3) is 0 Å². The standard InChI is InChI=1S/C15H20Cl2FN/c1-15(2)6-3-4-11(5-7-15)19-14-12(16)8-10(18)9-13(14)17/h8-9,11,19H,3-7H2,1-2H3. The van der Waals surface area contributed by atoms with Crippen molar-refractivity contribution in [1.82, 2.24) is 0 Å². The normalized spacial score (nSPS) is 22.9. The summed E-state index contributed by atoms with van der Waals surface area (Å²) in [4.78, 5) is 0. The Morgan fingerprint density at radius 3 is 2.42 bits per heavy atom. The van der Waals surface area contributed by atoms with Crippen LogP contribution in [-0.2, 0) is 0 Å². The molecule has 1 fully saturated rings. The largest absolute Gasteiger partial charge is 0.380 e. The second-order valence-electron chi connectivity index (χ2n) is 6.18. The Bertz CT molecular complexity index is 436. The van der Waals surface area contributed by atoms with Crippen molar-refractivity contribution in [2.45, 2.75) is 52.0 Å². The van der Waals surface area contributed by atoms with Crippen molar-refractivity contribution in [2.24, 2.45) is 5.41 Å². The van der Waals surface area contributed by atoms with E-state index in [1.54, 1.807) is 0 Å². The number of rotatable bonds is 2. The lowest BCUT2D eigenvalue weighted by molar-refractivity contribution is 0.313. The van der Waals surface area contributed by atoms with E-state index < -0.39 is 5.82 Å². The van der Waals surface area contributed by atoms with Crippen molar-refractivity contribution < 1.29 is 4.39 Å². The van der Waals surface area contributed by atoms with E-state index in [1.165, 1.54) is 31.4 Å². The fourth-order valence-electron chi connectivity index (χ4n) is 2.69. The van der Waals surface area contributed by atoms with Gasteiger partial charge in [-0.2, -0.15) is 0 Å². The minimum atomic E-state index is -0.400. The Morgan fingerprint density at radius 2 is 1.79 bits per heavy atom. The Kier molecular flexibility index (Phi) is 4.62. The smallest absolute Gasteiger partial charge is 0.126 e. The molecule has 0 spiro atoms. The predicted octanol–water partition coefficient (Wildman–Crippen LogP) is 5.90. The number of hydrogen-bond donors (Lipinski definition) is 1. The first kappa shape index (κ1) is 14.9. The SMILES string of the molecule is CC1(C)CCCC(Nc2c(Cl)cc(F)cc2Cl)CC1. The Labute approximate surface area is 124 Å². The summed E-state index contributed by atoms with van der Waals surface area (Å²) in [5.41, 5.74) is 1.07.